The maximum Gasteiger partial charge on any atom is 0.245 e. The summed E-state index contributed by atoms with van der Waals surface area (Å²) in [5.74, 6) is -2.21. The summed E-state index contributed by atoms with van der Waals surface area (Å²) in [6, 6.07) is 1.89. The predicted octanol–water partition coefficient (Wildman–Crippen LogP) is 3.76. The first-order valence-electron chi connectivity index (χ1n) is 6.82. The van der Waals surface area contributed by atoms with Crippen molar-refractivity contribution >= 4 is 21.6 Å². The lowest BCUT2D eigenvalue weighted by Gasteiger charge is -2.24. The molecule has 0 saturated carbocycles. The quantitative estimate of drug-likeness (QED) is 0.709. The zero-order valence-corrected chi connectivity index (χ0v) is 13.9. The molecule has 0 aromatic heterocycles. The molecule has 1 aromatic carbocycles. The highest BCUT2D eigenvalue weighted by atomic mass is 35.5. The van der Waals surface area contributed by atoms with Gasteiger partial charge in [-0.25, -0.2) is 17.2 Å². The summed E-state index contributed by atoms with van der Waals surface area (Å²) in [6.45, 7) is 6.07. The van der Waals surface area contributed by atoms with E-state index in [1.54, 1.807) is 6.92 Å². The van der Waals surface area contributed by atoms with Crippen LogP contribution in [-0.4, -0.2) is 25.8 Å². The summed E-state index contributed by atoms with van der Waals surface area (Å²) in [7, 11) is -4.00. The molecule has 7 heteroatoms. The summed E-state index contributed by atoms with van der Waals surface area (Å²) in [5, 5.41) is 0. The van der Waals surface area contributed by atoms with Gasteiger partial charge >= 0.3 is 0 Å². The molecule has 0 fully saturated rings. The molecule has 0 spiro atoms. The minimum atomic E-state index is -4.00. The molecular weight excluding hydrogens is 320 g/mol. The average Bonchev–Trinajstić information content (AvgIpc) is 2.44. The van der Waals surface area contributed by atoms with Crippen molar-refractivity contribution in [2.45, 2.75) is 38.0 Å². The normalized spacial score (nSPS) is 13.7. The Bertz CT molecular complexity index is 593. The highest BCUT2D eigenvalue weighted by Gasteiger charge is 2.29. The van der Waals surface area contributed by atoms with Gasteiger partial charge in [-0.05, 0) is 18.1 Å². The smallest absolute Gasteiger partial charge is 0.207 e. The van der Waals surface area contributed by atoms with Crippen molar-refractivity contribution in [1.82, 2.24) is 4.31 Å². The fourth-order valence-electron chi connectivity index (χ4n) is 1.91. The van der Waals surface area contributed by atoms with Crippen LogP contribution in [0.25, 0.3) is 0 Å². The lowest BCUT2D eigenvalue weighted by atomic mass is 10.1. The molecule has 0 bridgehead atoms. The van der Waals surface area contributed by atoms with E-state index in [2.05, 4.69) is 0 Å². The zero-order chi connectivity index (χ0) is 16.2. The summed E-state index contributed by atoms with van der Waals surface area (Å²) in [4.78, 5) is -0.523. The zero-order valence-electron chi connectivity index (χ0n) is 12.4. The van der Waals surface area contributed by atoms with Crippen LogP contribution >= 0.6 is 11.6 Å². The minimum Gasteiger partial charge on any atom is -0.207 e. The standard InChI is InChI=1S/C14H20ClF2NO2S/c1-4-10(3)9-18(5-2)21(19,20)13-7-6-12(16)11(8-15)14(13)17/h6-7,10H,4-5,8-9H2,1-3H3. The SMILES string of the molecule is CCC(C)CN(CC)S(=O)(=O)c1ccc(F)c(CCl)c1F. The lowest BCUT2D eigenvalue weighted by molar-refractivity contribution is 0.359. The second kappa shape index (κ2) is 7.51. The molecule has 120 valence electrons. The van der Waals surface area contributed by atoms with E-state index >= 15 is 0 Å². The van der Waals surface area contributed by atoms with E-state index in [-0.39, 0.29) is 12.5 Å². The molecule has 0 radical (unpaired) electrons. The topological polar surface area (TPSA) is 37.4 Å². The maximum absolute atomic E-state index is 14.2. The molecule has 1 unspecified atom stereocenters. The van der Waals surface area contributed by atoms with Gasteiger partial charge in [-0.15, -0.1) is 11.6 Å². The van der Waals surface area contributed by atoms with Gasteiger partial charge in [0.05, 0.1) is 5.88 Å². The van der Waals surface area contributed by atoms with Crippen molar-refractivity contribution in [3.63, 3.8) is 0 Å². The molecule has 0 aliphatic rings. The van der Waals surface area contributed by atoms with E-state index in [0.717, 1.165) is 18.6 Å². The molecule has 1 atom stereocenters. The van der Waals surface area contributed by atoms with Crippen LogP contribution in [0.4, 0.5) is 8.78 Å². The van der Waals surface area contributed by atoms with Crippen LogP contribution in [0.3, 0.4) is 0 Å². The monoisotopic (exact) mass is 339 g/mol. The number of hydrogen-bond donors (Lipinski definition) is 0. The van der Waals surface area contributed by atoms with Gasteiger partial charge in [-0.1, -0.05) is 27.2 Å². The average molecular weight is 340 g/mol. The Morgan fingerprint density at radius 3 is 2.38 bits per heavy atom. The molecule has 1 aromatic rings. The van der Waals surface area contributed by atoms with Crippen molar-refractivity contribution in [3.8, 4) is 0 Å². The molecule has 0 amide bonds. The van der Waals surface area contributed by atoms with Gasteiger partial charge < -0.3 is 0 Å². The van der Waals surface area contributed by atoms with Crippen molar-refractivity contribution < 1.29 is 17.2 Å². The fourth-order valence-corrected chi connectivity index (χ4v) is 3.81. The molecule has 0 heterocycles. The predicted molar refractivity (Wildman–Crippen MR) is 79.8 cm³/mol. The first kappa shape index (κ1) is 18.3. The molecule has 0 N–H and O–H groups in total. The highest BCUT2D eigenvalue weighted by Crippen LogP contribution is 2.25. The number of benzene rings is 1. The van der Waals surface area contributed by atoms with E-state index in [1.165, 1.54) is 4.31 Å². The third-order valence-corrected chi connectivity index (χ3v) is 5.69. The van der Waals surface area contributed by atoms with Crippen molar-refractivity contribution in [2.24, 2.45) is 5.92 Å². The first-order chi connectivity index (χ1) is 9.79. The fraction of sp³-hybridized carbons (Fsp3) is 0.571. The van der Waals surface area contributed by atoms with Gasteiger partial charge in [0.15, 0.2) is 5.82 Å². The minimum absolute atomic E-state index is 0.149. The largest absolute Gasteiger partial charge is 0.245 e. The van der Waals surface area contributed by atoms with Crippen LogP contribution in [0.1, 0.15) is 32.8 Å². The number of halogens is 3. The Labute approximate surface area is 130 Å². The number of nitrogens with zero attached hydrogens (tertiary/aromatic N) is 1. The van der Waals surface area contributed by atoms with Crippen LogP contribution in [-0.2, 0) is 15.9 Å². The van der Waals surface area contributed by atoms with Gasteiger partial charge in [0.2, 0.25) is 10.0 Å². The van der Waals surface area contributed by atoms with Gasteiger partial charge in [0.1, 0.15) is 10.7 Å². The van der Waals surface area contributed by atoms with E-state index in [1.807, 2.05) is 13.8 Å². The Hall–Kier alpha value is -0.720. The highest BCUT2D eigenvalue weighted by molar-refractivity contribution is 7.89. The Balaban J connectivity index is 3.29. The molecule has 0 saturated heterocycles. The second-order valence-electron chi connectivity index (χ2n) is 4.94. The van der Waals surface area contributed by atoms with Gasteiger partial charge in [0.25, 0.3) is 0 Å². The Kier molecular flexibility index (Phi) is 6.56. The molecule has 21 heavy (non-hydrogen) atoms. The molecule has 0 aliphatic heterocycles. The number of rotatable bonds is 7. The summed E-state index contributed by atoms with van der Waals surface area (Å²) in [5.41, 5.74) is -0.419. The van der Waals surface area contributed by atoms with E-state index in [9.17, 15) is 17.2 Å². The molecule has 3 nitrogen and oxygen atoms in total. The number of alkyl halides is 1. The molecule has 1 rings (SSSR count). The maximum atomic E-state index is 14.2. The van der Waals surface area contributed by atoms with Crippen LogP contribution in [0.2, 0.25) is 0 Å². The van der Waals surface area contributed by atoms with Gasteiger partial charge in [0, 0.05) is 18.7 Å². The number of hydrogen-bond acceptors (Lipinski definition) is 2. The van der Waals surface area contributed by atoms with Crippen LogP contribution in [0.5, 0.6) is 0 Å². The molecular formula is C14H20ClF2NO2S. The third kappa shape index (κ3) is 3.93. The first-order valence-corrected chi connectivity index (χ1v) is 8.79. The van der Waals surface area contributed by atoms with Crippen LogP contribution in [0.15, 0.2) is 17.0 Å². The van der Waals surface area contributed by atoms with E-state index in [0.29, 0.717) is 6.54 Å². The summed E-state index contributed by atoms with van der Waals surface area (Å²) >= 11 is 5.49. The summed E-state index contributed by atoms with van der Waals surface area (Å²) in [6.07, 6.45) is 0.810. The van der Waals surface area contributed by atoms with Crippen LogP contribution in [0, 0.1) is 17.6 Å². The van der Waals surface area contributed by atoms with Crippen molar-refractivity contribution in [1.29, 1.82) is 0 Å². The molecule has 0 aliphatic carbocycles. The van der Waals surface area contributed by atoms with E-state index < -0.39 is 38.0 Å². The number of sulfonamides is 1. The van der Waals surface area contributed by atoms with Crippen LogP contribution < -0.4 is 0 Å². The van der Waals surface area contributed by atoms with Gasteiger partial charge in [-0.2, -0.15) is 4.31 Å². The van der Waals surface area contributed by atoms with Crippen molar-refractivity contribution in [3.05, 3.63) is 29.3 Å². The summed E-state index contributed by atoms with van der Waals surface area (Å²) < 4.78 is 53.9. The van der Waals surface area contributed by atoms with Gasteiger partial charge in [-0.3, -0.25) is 0 Å². The van der Waals surface area contributed by atoms with E-state index in [4.69, 9.17) is 11.6 Å². The second-order valence-corrected chi connectivity index (χ2v) is 7.11. The van der Waals surface area contributed by atoms with Crippen molar-refractivity contribution in [2.75, 3.05) is 13.1 Å². The third-order valence-electron chi connectivity index (χ3n) is 3.47. The lowest BCUT2D eigenvalue weighted by Crippen LogP contribution is -2.35. The Morgan fingerprint density at radius 2 is 1.90 bits per heavy atom. The Morgan fingerprint density at radius 1 is 1.29 bits per heavy atom.